The van der Waals surface area contributed by atoms with Crippen molar-refractivity contribution >= 4 is 32.5 Å². The second kappa shape index (κ2) is 2.86. The summed E-state index contributed by atoms with van der Waals surface area (Å²) in [4.78, 5) is 0. The summed E-state index contributed by atoms with van der Waals surface area (Å²) >= 11 is 1.39. The summed E-state index contributed by atoms with van der Waals surface area (Å²) in [6.45, 7) is 0. The van der Waals surface area contributed by atoms with Gasteiger partial charge in [0.2, 0.25) is 0 Å². The number of hydrogen-bond donors (Lipinski definition) is 0. The molecule has 0 bridgehead atoms. The predicted octanol–water partition coefficient (Wildman–Crippen LogP) is 0.913. The topological polar surface area (TPSA) is 0 Å². The van der Waals surface area contributed by atoms with Crippen LogP contribution in [0.25, 0.3) is 0 Å². The Morgan fingerprint density at radius 1 is 1.50 bits per heavy atom. The van der Waals surface area contributed by atoms with Crippen LogP contribution in [-0.4, -0.2) is 12.8 Å². The Kier molecular flexibility index (Phi) is 4.04. The van der Waals surface area contributed by atoms with Gasteiger partial charge in [0.25, 0.3) is 0 Å². The van der Waals surface area contributed by atoms with E-state index in [9.17, 15) is 0 Å². The van der Waals surface area contributed by atoms with Gasteiger partial charge in [-0.3, -0.25) is 0 Å². The van der Waals surface area contributed by atoms with E-state index in [2.05, 4.69) is 32.5 Å². The summed E-state index contributed by atoms with van der Waals surface area (Å²) < 4.78 is 0. The number of hydrogen-bond acceptors (Lipinski definition) is 2. The van der Waals surface area contributed by atoms with E-state index >= 15 is 0 Å². The predicted molar refractivity (Wildman–Crippen MR) is 20.9 cm³/mol. The second-order valence-corrected chi connectivity index (χ2v) is 16.2. The molecule has 4 heteroatoms. The average molecular weight is 239 g/mol. The molecule has 0 aliphatic carbocycles. The maximum atomic E-state index is 4.55. The fourth-order valence-electron chi connectivity index (χ4n) is 0. The van der Waals surface area contributed by atoms with Crippen molar-refractivity contribution < 1.29 is 11.0 Å². The van der Waals surface area contributed by atoms with Gasteiger partial charge in [-0.25, -0.2) is 0 Å². The van der Waals surface area contributed by atoms with Crippen LogP contribution in [0, 0.1) is 0 Å². The minimum absolute atomic E-state index is 1.32. The summed E-state index contributed by atoms with van der Waals surface area (Å²) in [7, 11) is 9.10. The van der Waals surface area contributed by atoms with Gasteiger partial charge < -0.3 is 0 Å². The Labute approximate surface area is 43.1 Å². The van der Waals surface area contributed by atoms with Gasteiger partial charge in [0, 0.05) is 0 Å². The van der Waals surface area contributed by atoms with Crippen LogP contribution in [-0.2, 0) is 11.0 Å². The van der Waals surface area contributed by atoms with Gasteiger partial charge in [0.15, 0.2) is 0 Å². The van der Waals surface area contributed by atoms with Crippen LogP contribution in [0.4, 0.5) is 0 Å². The minimum atomic E-state index is -1.32. The SMILES string of the molecule is [S]=[Mo](=[S])=[Se]. The zero-order valence-corrected chi connectivity index (χ0v) is 6.99. The zero-order chi connectivity index (χ0) is 3.58. The van der Waals surface area contributed by atoms with Crippen molar-refractivity contribution in [2.45, 2.75) is 0 Å². The first-order chi connectivity index (χ1) is 1.73. The second-order valence-electron chi connectivity index (χ2n) is 0.204. The first-order valence-electron chi connectivity index (χ1n) is 0.500. The normalized spacial score (nSPS) is 6.00. The van der Waals surface area contributed by atoms with E-state index in [1.54, 1.807) is 0 Å². The molecule has 0 rings (SSSR count). The van der Waals surface area contributed by atoms with E-state index in [1.165, 1.54) is 0 Å². The Bertz CT molecular complexity index is 75.4. The summed E-state index contributed by atoms with van der Waals surface area (Å²) in [5.74, 6) is 0. The van der Waals surface area contributed by atoms with Crippen molar-refractivity contribution in [3.63, 3.8) is 0 Å². The molecule has 0 N–H and O–H groups in total. The van der Waals surface area contributed by atoms with Gasteiger partial charge in [-0.1, -0.05) is 0 Å². The molecular formula is MoS2Se. The van der Waals surface area contributed by atoms with Crippen LogP contribution < -0.4 is 0 Å². The molecular weight excluding hydrogens is 239 g/mol. The monoisotopic (exact) mass is 242 g/mol. The third-order valence-electron chi connectivity index (χ3n) is 0. The van der Waals surface area contributed by atoms with Crippen LogP contribution in [0.3, 0.4) is 0 Å². The van der Waals surface area contributed by atoms with E-state index in [0.717, 1.165) is 0 Å². The Morgan fingerprint density at radius 2 is 1.50 bits per heavy atom. The van der Waals surface area contributed by atoms with Crippen molar-refractivity contribution in [3.05, 3.63) is 0 Å². The third-order valence-corrected chi connectivity index (χ3v) is 0. The molecule has 0 fully saturated rings. The molecule has 0 unspecified atom stereocenters. The Hall–Kier alpha value is 1.65. The van der Waals surface area contributed by atoms with Crippen molar-refractivity contribution in [1.29, 1.82) is 0 Å². The standard InChI is InChI=1S/Mo.2S.Se. The van der Waals surface area contributed by atoms with E-state index in [1.807, 2.05) is 0 Å². The molecule has 0 aromatic rings. The molecule has 0 aliphatic rings. The summed E-state index contributed by atoms with van der Waals surface area (Å²) in [5.41, 5.74) is 0. The zero-order valence-electron chi connectivity index (χ0n) is 1.63. The van der Waals surface area contributed by atoms with Crippen LogP contribution in [0.1, 0.15) is 0 Å². The molecule has 0 atom stereocenters. The van der Waals surface area contributed by atoms with Crippen molar-refractivity contribution in [3.8, 4) is 0 Å². The summed E-state index contributed by atoms with van der Waals surface area (Å²) in [6.07, 6.45) is 0. The molecule has 0 aliphatic heterocycles. The quantitative estimate of drug-likeness (QED) is 0.576. The van der Waals surface area contributed by atoms with Crippen molar-refractivity contribution in [2.75, 3.05) is 0 Å². The molecule has 0 radical (unpaired) electrons. The van der Waals surface area contributed by atoms with Gasteiger partial charge in [0.1, 0.15) is 0 Å². The van der Waals surface area contributed by atoms with Crippen LogP contribution in [0.2, 0.25) is 0 Å². The molecule has 24 valence electrons. The third kappa shape index (κ3) is 9.42. The van der Waals surface area contributed by atoms with Crippen LogP contribution in [0.15, 0.2) is 0 Å². The van der Waals surface area contributed by atoms with Gasteiger partial charge in [-0.2, -0.15) is 0 Å². The average Bonchev–Trinajstić information content (AvgIpc) is 0.811. The first-order valence-corrected chi connectivity index (χ1v) is 11.0. The fraction of sp³-hybridized carbons (Fsp3) is 0. The molecule has 0 nitrogen and oxygen atoms in total. The van der Waals surface area contributed by atoms with E-state index in [-0.39, 0.29) is 0 Å². The van der Waals surface area contributed by atoms with Crippen molar-refractivity contribution in [1.82, 2.24) is 0 Å². The van der Waals surface area contributed by atoms with Crippen LogP contribution in [0.5, 0.6) is 0 Å². The molecule has 0 spiro atoms. The maximum absolute atomic E-state index is 4.55. The molecule has 0 aromatic heterocycles. The van der Waals surface area contributed by atoms with Gasteiger partial charge in [0.05, 0.1) is 0 Å². The molecule has 4 heavy (non-hydrogen) atoms. The van der Waals surface area contributed by atoms with E-state index < -0.39 is 11.0 Å². The van der Waals surface area contributed by atoms with Crippen molar-refractivity contribution in [2.24, 2.45) is 0 Å². The molecule has 0 amide bonds. The van der Waals surface area contributed by atoms with Gasteiger partial charge in [-0.05, 0) is 0 Å². The molecule has 0 heterocycles. The van der Waals surface area contributed by atoms with Gasteiger partial charge >= 0.3 is 43.5 Å². The molecule has 0 saturated heterocycles. The van der Waals surface area contributed by atoms with Crippen LogP contribution >= 0.6 is 19.6 Å². The fourth-order valence-corrected chi connectivity index (χ4v) is 0. The summed E-state index contributed by atoms with van der Waals surface area (Å²) in [5, 5.41) is 0. The molecule has 0 aromatic carbocycles. The van der Waals surface area contributed by atoms with Gasteiger partial charge in [-0.15, -0.1) is 0 Å². The molecule has 0 saturated carbocycles. The Morgan fingerprint density at radius 3 is 1.50 bits per heavy atom. The van der Waals surface area contributed by atoms with E-state index in [0.29, 0.717) is 0 Å². The first kappa shape index (κ1) is 5.65. The Balaban J connectivity index is 4.65. The van der Waals surface area contributed by atoms with E-state index in [4.69, 9.17) is 0 Å². The number of rotatable bonds is 0. The summed E-state index contributed by atoms with van der Waals surface area (Å²) in [6, 6.07) is 0.